The first-order valence-corrected chi connectivity index (χ1v) is 16.9. The number of halogens is 1. The lowest BCUT2D eigenvalue weighted by molar-refractivity contribution is 0.0584. The fourth-order valence-corrected chi connectivity index (χ4v) is 5.94. The first kappa shape index (κ1) is 34.4. The Balaban J connectivity index is 1.69. The molecule has 3 aromatic rings. The van der Waals surface area contributed by atoms with Gasteiger partial charge in [-0.2, -0.15) is 0 Å². The molecule has 1 aromatic heterocycles. The van der Waals surface area contributed by atoms with Crippen LogP contribution in [0.1, 0.15) is 46.2 Å². The summed E-state index contributed by atoms with van der Waals surface area (Å²) in [5.74, 6) is 6.45. The number of carbonyl (C=O) groups excluding carboxylic acids is 1. The molecule has 2 N–H and O–H groups in total. The number of likely N-dealkylation sites (tertiary alicyclic amines) is 1. The number of aromatic nitrogens is 1. The van der Waals surface area contributed by atoms with Crippen molar-refractivity contribution in [3.8, 4) is 17.6 Å². The molecule has 2 atom stereocenters. The molecule has 0 unspecified atom stereocenters. The van der Waals surface area contributed by atoms with E-state index in [1.165, 1.54) is 30.2 Å². The van der Waals surface area contributed by atoms with Crippen LogP contribution in [0.4, 0.5) is 25.4 Å². The normalized spacial score (nSPS) is 16.8. The monoisotopic (exact) mass is 656 g/mol. The van der Waals surface area contributed by atoms with Crippen molar-refractivity contribution in [2.45, 2.75) is 69.8 Å². The lowest BCUT2D eigenvalue weighted by atomic mass is 10.0. The summed E-state index contributed by atoms with van der Waals surface area (Å²) in [6.07, 6.45) is -0.919. The zero-order chi connectivity index (χ0) is 33.8. The summed E-state index contributed by atoms with van der Waals surface area (Å²) < 4.78 is 52.4. The van der Waals surface area contributed by atoms with Gasteiger partial charge in [-0.1, -0.05) is 18.9 Å². The topological polar surface area (TPSA) is 130 Å². The second kappa shape index (κ2) is 13.9. The first-order chi connectivity index (χ1) is 21.6. The SMILES string of the molecule is CCCn1c(C#CCN(C(=O)OC(C)(C)C)c2ccc(S(C)(=O)=O)cc2OC)cc2c(N[C@H]3CCN(C(=O)O)C[C@H]3F)cccc21. The van der Waals surface area contributed by atoms with E-state index in [1.54, 1.807) is 20.8 Å². The molecule has 0 spiro atoms. The number of carbonyl (C=O) groups is 2. The lowest BCUT2D eigenvalue weighted by Gasteiger charge is -2.34. The lowest BCUT2D eigenvalue weighted by Crippen LogP contribution is -2.49. The van der Waals surface area contributed by atoms with Crippen LogP contribution < -0.4 is 15.0 Å². The van der Waals surface area contributed by atoms with Crippen molar-refractivity contribution in [3.63, 3.8) is 0 Å². The van der Waals surface area contributed by atoms with E-state index >= 15 is 0 Å². The van der Waals surface area contributed by atoms with Gasteiger partial charge in [0.2, 0.25) is 0 Å². The predicted octanol–water partition coefficient (Wildman–Crippen LogP) is 5.76. The molecule has 248 valence electrons. The number of anilines is 2. The van der Waals surface area contributed by atoms with Gasteiger partial charge < -0.3 is 29.4 Å². The van der Waals surface area contributed by atoms with Gasteiger partial charge in [0.1, 0.15) is 17.5 Å². The zero-order valence-electron chi connectivity index (χ0n) is 27.0. The van der Waals surface area contributed by atoms with Gasteiger partial charge in [0.25, 0.3) is 0 Å². The molecular weight excluding hydrogens is 615 g/mol. The number of carboxylic acid groups (broad SMARTS) is 1. The predicted molar refractivity (Wildman–Crippen MR) is 175 cm³/mol. The minimum Gasteiger partial charge on any atom is -0.495 e. The highest BCUT2D eigenvalue weighted by Gasteiger charge is 2.32. The summed E-state index contributed by atoms with van der Waals surface area (Å²) in [6.45, 7) is 7.91. The molecule has 4 rings (SSSR count). The third-order valence-corrected chi connectivity index (χ3v) is 8.59. The molecule has 2 amide bonds. The number of methoxy groups -OCH3 is 1. The number of amides is 2. The van der Waals surface area contributed by atoms with Crippen LogP contribution in [0.25, 0.3) is 10.9 Å². The van der Waals surface area contributed by atoms with Gasteiger partial charge in [-0.05, 0) is 69.9 Å². The van der Waals surface area contributed by atoms with Gasteiger partial charge in [-0.25, -0.2) is 22.4 Å². The molecule has 11 nitrogen and oxygen atoms in total. The van der Waals surface area contributed by atoms with E-state index in [0.717, 1.165) is 34.2 Å². The Hall–Kier alpha value is -4.44. The molecular formula is C33H41FN4O7S. The minimum absolute atomic E-state index is 0.0448. The largest absolute Gasteiger partial charge is 0.495 e. The van der Waals surface area contributed by atoms with Crippen molar-refractivity contribution >= 4 is 44.3 Å². The molecule has 2 aromatic carbocycles. The second-order valence-corrected chi connectivity index (χ2v) is 14.2. The van der Waals surface area contributed by atoms with Crippen LogP contribution >= 0.6 is 0 Å². The van der Waals surface area contributed by atoms with Crippen LogP contribution in [-0.4, -0.2) is 86.0 Å². The summed E-state index contributed by atoms with van der Waals surface area (Å²) in [6, 6.07) is 11.3. The van der Waals surface area contributed by atoms with Crippen LogP contribution in [0.5, 0.6) is 5.75 Å². The Morgan fingerprint density at radius 3 is 2.54 bits per heavy atom. The number of hydrogen-bond acceptors (Lipinski definition) is 7. The maximum absolute atomic E-state index is 15.0. The van der Waals surface area contributed by atoms with Gasteiger partial charge in [-0.15, -0.1) is 0 Å². The molecule has 1 saturated heterocycles. The van der Waals surface area contributed by atoms with Gasteiger partial charge >= 0.3 is 12.2 Å². The van der Waals surface area contributed by atoms with Crippen molar-refractivity contribution in [1.29, 1.82) is 0 Å². The number of fused-ring (bicyclic) bond motifs is 1. The number of rotatable bonds is 8. The molecule has 1 fully saturated rings. The fourth-order valence-electron chi connectivity index (χ4n) is 5.31. The number of hydrogen-bond donors (Lipinski definition) is 2. The summed E-state index contributed by atoms with van der Waals surface area (Å²) in [7, 11) is -2.13. The van der Waals surface area contributed by atoms with Crippen molar-refractivity contribution in [3.05, 3.63) is 48.2 Å². The van der Waals surface area contributed by atoms with Crippen molar-refractivity contribution in [2.24, 2.45) is 0 Å². The summed E-state index contributed by atoms with van der Waals surface area (Å²) in [5, 5.41) is 13.4. The number of alkyl halides is 1. The van der Waals surface area contributed by atoms with Crippen LogP contribution in [0.2, 0.25) is 0 Å². The van der Waals surface area contributed by atoms with E-state index in [-0.39, 0.29) is 30.3 Å². The van der Waals surface area contributed by atoms with E-state index in [2.05, 4.69) is 21.7 Å². The van der Waals surface area contributed by atoms with Crippen molar-refractivity contribution in [1.82, 2.24) is 9.47 Å². The zero-order valence-corrected chi connectivity index (χ0v) is 27.8. The summed E-state index contributed by atoms with van der Waals surface area (Å²) in [4.78, 5) is 27.1. The average Bonchev–Trinajstić information content (AvgIpc) is 3.32. The fraction of sp³-hybridized carbons (Fsp3) is 0.455. The third-order valence-electron chi connectivity index (χ3n) is 7.48. The van der Waals surface area contributed by atoms with Crippen LogP contribution in [-0.2, 0) is 21.1 Å². The highest BCUT2D eigenvalue weighted by atomic mass is 32.2. The minimum atomic E-state index is -3.52. The van der Waals surface area contributed by atoms with Crippen LogP contribution in [0.15, 0.2) is 47.4 Å². The van der Waals surface area contributed by atoms with E-state index in [4.69, 9.17) is 9.47 Å². The van der Waals surface area contributed by atoms with Crippen LogP contribution in [0.3, 0.4) is 0 Å². The molecule has 0 saturated carbocycles. The van der Waals surface area contributed by atoms with Gasteiger partial charge in [0, 0.05) is 36.5 Å². The highest BCUT2D eigenvalue weighted by molar-refractivity contribution is 7.90. The molecule has 13 heteroatoms. The van der Waals surface area contributed by atoms with E-state index in [1.807, 2.05) is 31.2 Å². The third kappa shape index (κ3) is 8.04. The summed E-state index contributed by atoms with van der Waals surface area (Å²) in [5.41, 5.74) is 1.80. The molecule has 1 aliphatic rings. The molecule has 2 heterocycles. The van der Waals surface area contributed by atoms with Gasteiger partial charge in [-0.3, -0.25) is 4.90 Å². The Labute approximate surface area is 269 Å². The van der Waals surface area contributed by atoms with E-state index in [0.29, 0.717) is 24.3 Å². The number of sulfone groups is 1. The quantitative estimate of drug-likeness (QED) is 0.293. The molecule has 0 bridgehead atoms. The first-order valence-electron chi connectivity index (χ1n) is 15.0. The van der Waals surface area contributed by atoms with Crippen molar-refractivity contribution < 1.29 is 37.0 Å². The number of aryl methyl sites for hydroxylation is 1. The Morgan fingerprint density at radius 2 is 1.93 bits per heavy atom. The Bertz CT molecular complexity index is 1770. The number of nitrogens with zero attached hydrogens (tertiary/aromatic N) is 3. The molecule has 0 radical (unpaired) electrons. The van der Waals surface area contributed by atoms with E-state index < -0.39 is 39.8 Å². The van der Waals surface area contributed by atoms with Gasteiger partial charge in [0.05, 0.1) is 48.0 Å². The molecule has 1 aliphatic heterocycles. The number of nitrogens with one attached hydrogen (secondary N) is 1. The second-order valence-electron chi connectivity index (χ2n) is 12.2. The maximum Gasteiger partial charge on any atom is 0.415 e. The number of ether oxygens (including phenoxy) is 2. The Kier molecular flexibility index (Phi) is 10.4. The maximum atomic E-state index is 15.0. The standard InChI is InChI=1S/C33H41FN4O7S/c1-7-16-37-22(19-24-26(11-8-12-28(24)37)35-27-15-18-36(31(39)40)21-25(27)34)10-9-17-38(32(41)45-33(2,3)4)29-14-13-23(46(6,42)43)20-30(29)44-5/h8,11-14,19-20,25,27,35H,7,15-18,21H2,1-6H3,(H,39,40)/t25-,27+/m1/s1. The highest BCUT2D eigenvalue weighted by Crippen LogP contribution is 2.33. The Morgan fingerprint density at radius 1 is 1.20 bits per heavy atom. The molecule has 0 aliphatic carbocycles. The average molecular weight is 657 g/mol. The smallest absolute Gasteiger partial charge is 0.415 e. The van der Waals surface area contributed by atoms with Crippen LogP contribution in [0, 0.1) is 11.8 Å². The van der Waals surface area contributed by atoms with E-state index in [9.17, 15) is 27.5 Å². The van der Waals surface area contributed by atoms with Crippen molar-refractivity contribution in [2.75, 3.05) is 43.2 Å². The number of piperidine rings is 1. The summed E-state index contributed by atoms with van der Waals surface area (Å²) >= 11 is 0. The molecule has 46 heavy (non-hydrogen) atoms. The number of benzene rings is 2. The van der Waals surface area contributed by atoms with Gasteiger partial charge in [0.15, 0.2) is 9.84 Å².